The number of anilines is 1. The van der Waals surface area contributed by atoms with Crippen LogP contribution in [0.15, 0.2) is 12.4 Å². The number of amides is 1. The van der Waals surface area contributed by atoms with E-state index in [0.29, 0.717) is 24.0 Å². The van der Waals surface area contributed by atoms with E-state index in [1.165, 1.54) is 0 Å². The zero-order valence-corrected chi connectivity index (χ0v) is 13.0. The first-order valence-electron chi connectivity index (χ1n) is 7.36. The Morgan fingerprint density at radius 2 is 2.00 bits per heavy atom. The number of unbranched alkanes of at least 4 members (excludes halogenated alkanes) is 1. The molecule has 0 aliphatic carbocycles. The second-order valence-corrected chi connectivity index (χ2v) is 5.49. The summed E-state index contributed by atoms with van der Waals surface area (Å²) in [5.74, 6) is 1.15. The minimum atomic E-state index is -0.103. The topological polar surface area (TPSA) is 58.1 Å². The molecule has 112 valence electrons. The van der Waals surface area contributed by atoms with Gasteiger partial charge in [-0.05, 0) is 18.8 Å². The lowest BCUT2D eigenvalue weighted by Crippen LogP contribution is -2.26. The van der Waals surface area contributed by atoms with Crippen molar-refractivity contribution in [2.75, 3.05) is 25.0 Å². The maximum absolute atomic E-state index is 11.9. The van der Waals surface area contributed by atoms with Gasteiger partial charge in [0.2, 0.25) is 5.95 Å². The quantitative estimate of drug-likeness (QED) is 0.793. The molecule has 0 unspecified atom stereocenters. The van der Waals surface area contributed by atoms with Crippen LogP contribution < -0.4 is 10.2 Å². The van der Waals surface area contributed by atoms with Gasteiger partial charge in [0.1, 0.15) is 0 Å². The van der Waals surface area contributed by atoms with E-state index >= 15 is 0 Å². The third-order valence-corrected chi connectivity index (χ3v) is 3.10. The summed E-state index contributed by atoms with van der Waals surface area (Å²) in [4.78, 5) is 22.4. The first-order chi connectivity index (χ1) is 9.54. The van der Waals surface area contributed by atoms with Gasteiger partial charge in [-0.1, -0.05) is 27.2 Å². The summed E-state index contributed by atoms with van der Waals surface area (Å²) in [5, 5.41) is 2.88. The van der Waals surface area contributed by atoms with Crippen molar-refractivity contribution in [2.45, 2.75) is 40.0 Å². The molecule has 0 bridgehead atoms. The number of nitrogens with one attached hydrogen (secondary N) is 1. The second kappa shape index (κ2) is 8.51. The second-order valence-electron chi connectivity index (χ2n) is 5.49. The van der Waals surface area contributed by atoms with Gasteiger partial charge in [-0.3, -0.25) is 4.79 Å². The maximum Gasteiger partial charge on any atom is 0.254 e. The number of rotatable bonds is 8. The molecule has 20 heavy (non-hydrogen) atoms. The summed E-state index contributed by atoms with van der Waals surface area (Å²) in [6.45, 7) is 8.04. The minimum Gasteiger partial charge on any atom is -0.352 e. The summed E-state index contributed by atoms with van der Waals surface area (Å²) in [6, 6.07) is 0. The van der Waals surface area contributed by atoms with Crippen molar-refractivity contribution in [3.8, 4) is 0 Å². The predicted octanol–water partition coefficient (Wildman–Crippen LogP) is 2.49. The van der Waals surface area contributed by atoms with E-state index < -0.39 is 0 Å². The van der Waals surface area contributed by atoms with Crippen LogP contribution >= 0.6 is 0 Å². The molecule has 1 amide bonds. The van der Waals surface area contributed by atoms with Gasteiger partial charge in [0.05, 0.1) is 5.56 Å². The first kappa shape index (κ1) is 16.4. The Bertz CT molecular complexity index is 403. The van der Waals surface area contributed by atoms with Crippen LogP contribution in [0.5, 0.6) is 0 Å². The summed E-state index contributed by atoms with van der Waals surface area (Å²) < 4.78 is 0. The fourth-order valence-corrected chi connectivity index (χ4v) is 1.71. The first-order valence-corrected chi connectivity index (χ1v) is 7.36. The monoisotopic (exact) mass is 278 g/mol. The Labute approximate surface area is 121 Å². The molecule has 0 aliphatic heterocycles. The molecule has 0 radical (unpaired) electrons. The number of carbonyl (C=O) groups excluding carboxylic acids is 1. The van der Waals surface area contributed by atoms with Gasteiger partial charge in [0.15, 0.2) is 0 Å². The number of nitrogens with zero attached hydrogens (tertiary/aromatic N) is 3. The molecule has 1 rings (SSSR count). The lowest BCUT2D eigenvalue weighted by molar-refractivity contribution is 0.0951. The molecule has 1 N–H and O–H groups in total. The van der Waals surface area contributed by atoms with Gasteiger partial charge in [0, 0.05) is 32.5 Å². The highest BCUT2D eigenvalue weighted by atomic mass is 16.1. The third-order valence-electron chi connectivity index (χ3n) is 3.10. The molecular weight excluding hydrogens is 252 g/mol. The molecule has 0 fully saturated rings. The van der Waals surface area contributed by atoms with Crippen LogP contribution in [0.4, 0.5) is 5.95 Å². The van der Waals surface area contributed by atoms with Gasteiger partial charge >= 0.3 is 0 Å². The molecule has 0 aliphatic rings. The van der Waals surface area contributed by atoms with Crippen LogP contribution in [-0.2, 0) is 0 Å². The Balaban J connectivity index is 2.50. The fraction of sp³-hybridized carbons (Fsp3) is 0.667. The van der Waals surface area contributed by atoms with E-state index in [-0.39, 0.29) is 5.91 Å². The van der Waals surface area contributed by atoms with Crippen molar-refractivity contribution in [3.63, 3.8) is 0 Å². The van der Waals surface area contributed by atoms with Crippen molar-refractivity contribution in [1.29, 1.82) is 0 Å². The summed E-state index contributed by atoms with van der Waals surface area (Å²) >= 11 is 0. The Kier molecular flexibility index (Phi) is 6.98. The molecule has 0 atom stereocenters. The van der Waals surface area contributed by atoms with E-state index in [4.69, 9.17) is 0 Å². The molecule has 1 aromatic heterocycles. The van der Waals surface area contributed by atoms with Gasteiger partial charge in [-0.15, -0.1) is 0 Å². The van der Waals surface area contributed by atoms with Crippen LogP contribution in [-0.4, -0.2) is 36.0 Å². The maximum atomic E-state index is 11.9. The van der Waals surface area contributed by atoms with Crippen molar-refractivity contribution in [3.05, 3.63) is 18.0 Å². The largest absolute Gasteiger partial charge is 0.352 e. The highest BCUT2D eigenvalue weighted by molar-refractivity contribution is 5.93. The van der Waals surface area contributed by atoms with Crippen LogP contribution in [0, 0.1) is 5.92 Å². The van der Waals surface area contributed by atoms with Crippen LogP contribution in [0.1, 0.15) is 50.4 Å². The molecule has 5 nitrogen and oxygen atoms in total. The predicted molar refractivity (Wildman–Crippen MR) is 82.0 cm³/mol. The Morgan fingerprint density at radius 1 is 1.35 bits per heavy atom. The number of hydrogen-bond donors (Lipinski definition) is 1. The van der Waals surface area contributed by atoms with Crippen LogP contribution in [0.3, 0.4) is 0 Å². The highest BCUT2D eigenvalue weighted by Crippen LogP contribution is 2.06. The van der Waals surface area contributed by atoms with Crippen molar-refractivity contribution in [2.24, 2.45) is 5.92 Å². The number of aromatic nitrogens is 2. The van der Waals surface area contributed by atoms with Gasteiger partial charge in [0.25, 0.3) is 5.91 Å². The van der Waals surface area contributed by atoms with Crippen molar-refractivity contribution < 1.29 is 4.79 Å². The lowest BCUT2D eigenvalue weighted by Gasteiger charge is -2.16. The van der Waals surface area contributed by atoms with E-state index in [1.807, 2.05) is 11.9 Å². The van der Waals surface area contributed by atoms with E-state index in [1.54, 1.807) is 12.4 Å². The standard InChI is InChI=1S/C15H26N4O/c1-5-6-9-19(4)15-17-10-13(11-18-15)14(20)16-8-7-12(2)3/h10-12H,5-9H2,1-4H3,(H,16,20). The Morgan fingerprint density at radius 3 is 2.55 bits per heavy atom. The summed E-state index contributed by atoms with van der Waals surface area (Å²) in [7, 11) is 1.97. The normalized spacial score (nSPS) is 10.7. The fourth-order valence-electron chi connectivity index (χ4n) is 1.71. The average molecular weight is 278 g/mol. The molecular formula is C15H26N4O. The highest BCUT2D eigenvalue weighted by Gasteiger charge is 2.08. The van der Waals surface area contributed by atoms with Gasteiger partial charge in [-0.2, -0.15) is 0 Å². The van der Waals surface area contributed by atoms with Gasteiger partial charge < -0.3 is 10.2 Å². The van der Waals surface area contributed by atoms with Gasteiger partial charge in [-0.25, -0.2) is 9.97 Å². The zero-order chi connectivity index (χ0) is 15.0. The summed E-state index contributed by atoms with van der Waals surface area (Å²) in [5.41, 5.74) is 0.515. The SMILES string of the molecule is CCCCN(C)c1ncc(C(=O)NCCC(C)C)cn1. The smallest absolute Gasteiger partial charge is 0.254 e. The molecule has 5 heteroatoms. The van der Waals surface area contributed by atoms with Crippen molar-refractivity contribution in [1.82, 2.24) is 15.3 Å². The molecule has 0 aromatic carbocycles. The molecule has 1 heterocycles. The van der Waals surface area contributed by atoms with Crippen LogP contribution in [0.25, 0.3) is 0 Å². The number of hydrogen-bond acceptors (Lipinski definition) is 4. The van der Waals surface area contributed by atoms with Crippen molar-refractivity contribution >= 4 is 11.9 Å². The zero-order valence-electron chi connectivity index (χ0n) is 13.0. The molecule has 1 aromatic rings. The lowest BCUT2D eigenvalue weighted by atomic mass is 10.1. The Hall–Kier alpha value is -1.65. The molecule has 0 spiro atoms. The molecule has 0 saturated heterocycles. The van der Waals surface area contributed by atoms with E-state index in [9.17, 15) is 4.79 Å². The molecule has 0 saturated carbocycles. The average Bonchev–Trinajstić information content (AvgIpc) is 2.44. The van der Waals surface area contributed by atoms with E-state index in [0.717, 1.165) is 25.8 Å². The summed E-state index contributed by atoms with van der Waals surface area (Å²) in [6.07, 6.45) is 6.41. The van der Waals surface area contributed by atoms with Crippen LogP contribution in [0.2, 0.25) is 0 Å². The van der Waals surface area contributed by atoms with E-state index in [2.05, 4.69) is 36.1 Å². The number of carbonyl (C=O) groups is 1. The minimum absolute atomic E-state index is 0.103. The third kappa shape index (κ3) is 5.55.